The molecular formula is C25H29N5O2. The van der Waals surface area contributed by atoms with E-state index in [0.717, 1.165) is 66.4 Å². The normalized spacial score (nSPS) is 20.4. The number of aromatic nitrogens is 2. The van der Waals surface area contributed by atoms with E-state index in [9.17, 15) is 4.79 Å². The summed E-state index contributed by atoms with van der Waals surface area (Å²) < 4.78 is 5.94. The van der Waals surface area contributed by atoms with E-state index in [1.54, 1.807) is 0 Å². The summed E-state index contributed by atoms with van der Waals surface area (Å²) >= 11 is 0. The van der Waals surface area contributed by atoms with E-state index in [0.29, 0.717) is 12.6 Å². The van der Waals surface area contributed by atoms with Crippen LogP contribution in [0.25, 0.3) is 11.3 Å². The predicted molar refractivity (Wildman–Crippen MR) is 124 cm³/mol. The molecule has 2 saturated heterocycles. The molecular weight excluding hydrogens is 402 g/mol. The van der Waals surface area contributed by atoms with Crippen molar-refractivity contribution >= 4 is 11.6 Å². The summed E-state index contributed by atoms with van der Waals surface area (Å²) in [4.78, 5) is 20.2. The fraction of sp³-hybridized carbons (Fsp3) is 0.360. The summed E-state index contributed by atoms with van der Waals surface area (Å²) in [5.41, 5.74) is 3.97. The van der Waals surface area contributed by atoms with E-state index in [4.69, 9.17) is 4.74 Å². The van der Waals surface area contributed by atoms with Gasteiger partial charge in [-0.3, -0.25) is 4.79 Å². The predicted octanol–water partition coefficient (Wildman–Crippen LogP) is 3.77. The molecule has 5 rings (SSSR count). The summed E-state index contributed by atoms with van der Waals surface area (Å²) in [6.45, 7) is 2.44. The number of anilines is 1. The molecule has 0 unspecified atom stereocenters. The van der Waals surface area contributed by atoms with E-state index < -0.39 is 0 Å². The van der Waals surface area contributed by atoms with Gasteiger partial charge >= 0.3 is 0 Å². The number of hydrogen-bond donors (Lipinski definition) is 4. The maximum atomic E-state index is 12.2. The summed E-state index contributed by atoms with van der Waals surface area (Å²) in [5, 5.41) is 9.65. The highest BCUT2D eigenvalue weighted by Crippen LogP contribution is 2.25. The maximum Gasteiger partial charge on any atom is 0.241 e. The lowest BCUT2D eigenvalue weighted by atomic mass is 10.1. The van der Waals surface area contributed by atoms with Gasteiger partial charge in [0.15, 0.2) is 0 Å². The van der Waals surface area contributed by atoms with Crippen LogP contribution >= 0.6 is 0 Å². The topological polar surface area (TPSA) is 91.1 Å². The standard InChI is InChI=1S/C25H29N5O2/c31-25(22-4-2-14-27-22)29-19-9-5-17(6-10-19)16-32-20-11-7-18(8-12-20)23-15-28-24(30-23)21-3-1-13-26-21/h5-12,15,21-22,26-27H,1-4,13-14,16H2,(H,28,30)(H,29,31)/t21-,22-/m0/s1. The Morgan fingerprint density at radius 1 is 1.00 bits per heavy atom. The van der Waals surface area contributed by atoms with Crippen molar-refractivity contribution in [3.05, 3.63) is 66.1 Å². The van der Waals surface area contributed by atoms with E-state index in [1.165, 1.54) is 6.42 Å². The number of ether oxygens (including phenoxy) is 1. The number of amides is 1. The van der Waals surface area contributed by atoms with Crippen LogP contribution in [0.5, 0.6) is 5.75 Å². The number of nitrogens with zero attached hydrogens (tertiary/aromatic N) is 1. The van der Waals surface area contributed by atoms with Gasteiger partial charge in [0.1, 0.15) is 18.2 Å². The number of aromatic amines is 1. The third-order valence-corrected chi connectivity index (χ3v) is 6.15. The van der Waals surface area contributed by atoms with Crippen LogP contribution in [0.2, 0.25) is 0 Å². The number of benzene rings is 2. The van der Waals surface area contributed by atoms with Crippen molar-refractivity contribution in [2.75, 3.05) is 18.4 Å². The molecule has 2 aliphatic heterocycles. The number of nitrogens with one attached hydrogen (secondary N) is 4. The highest BCUT2D eigenvalue weighted by molar-refractivity contribution is 5.95. The number of hydrogen-bond acceptors (Lipinski definition) is 5. The molecule has 1 amide bonds. The van der Waals surface area contributed by atoms with Crippen molar-refractivity contribution in [3.63, 3.8) is 0 Å². The van der Waals surface area contributed by atoms with Crippen LogP contribution in [-0.4, -0.2) is 35.0 Å². The average molecular weight is 432 g/mol. The number of rotatable bonds is 7. The smallest absolute Gasteiger partial charge is 0.241 e. The first-order valence-corrected chi connectivity index (χ1v) is 11.4. The second-order valence-electron chi connectivity index (χ2n) is 8.48. The largest absolute Gasteiger partial charge is 0.489 e. The van der Waals surface area contributed by atoms with Crippen molar-refractivity contribution in [1.82, 2.24) is 20.6 Å². The summed E-state index contributed by atoms with van der Waals surface area (Å²) in [5.74, 6) is 1.86. The highest BCUT2D eigenvalue weighted by atomic mass is 16.5. The van der Waals surface area contributed by atoms with Gasteiger partial charge in [-0.15, -0.1) is 0 Å². The minimum Gasteiger partial charge on any atom is -0.489 e. The third-order valence-electron chi connectivity index (χ3n) is 6.15. The van der Waals surface area contributed by atoms with Gasteiger partial charge in [-0.25, -0.2) is 4.98 Å². The van der Waals surface area contributed by atoms with Crippen LogP contribution in [-0.2, 0) is 11.4 Å². The van der Waals surface area contributed by atoms with E-state index in [2.05, 4.69) is 25.9 Å². The Bertz CT molecular complexity index is 1030. The molecule has 2 aliphatic rings. The molecule has 32 heavy (non-hydrogen) atoms. The molecule has 0 spiro atoms. The third kappa shape index (κ3) is 4.84. The van der Waals surface area contributed by atoms with Crippen LogP contribution in [0.3, 0.4) is 0 Å². The fourth-order valence-corrected chi connectivity index (χ4v) is 4.30. The zero-order chi connectivity index (χ0) is 21.8. The van der Waals surface area contributed by atoms with Crippen molar-refractivity contribution in [3.8, 4) is 17.0 Å². The molecule has 1 aromatic heterocycles. The first-order chi connectivity index (χ1) is 15.7. The molecule has 4 N–H and O–H groups in total. The zero-order valence-corrected chi connectivity index (χ0v) is 18.1. The highest BCUT2D eigenvalue weighted by Gasteiger charge is 2.22. The fourth-order valence-electron chi connectivity index (χ4n) is 4.30. The molecule has 0 bridgehead atoms. The van der Waals surface area contributed by atoms with E-state index >= 15 is 0 Å². The van der Waals surface area contributed by atoms with Gasteiger partial charge in [0.25, 0.3) is 0 Å². The SMILES string of the molecule is O=C(Nc1ccc(COc2ccc(-c3cnc([C@@H]4CCCN4)[nH]3)cc2)cc1)[C@@H]1CCCN1. The van der Waals surface area contributed by atoms with Gasteiger partial charge in [-0.2, -0.15) is 0 Å². The first-order valence-electron chi connectivity index (χ1n) is 11.4. The molecule has 0 radical (unpaired) electrons. The van der Waals surface area contributed by atoms with Crippen LogP contribution < -0.4 is 20.7 Å². The van der Waals surface area contributed by atoms with Gasteiger partial charge in [-0.1, -0.05) is 12.1 Å². The Balaban J connectivity index is 1.13. The van der Waals surface area contributed by atoms with Gasteiger partial charge in [0.05, 0.1) is 24.0 Å². The van der Waals surface area contributed by atoms with Crippen LogP contribution in [0, 0.1) is 0 Å². The Morgan fingerprint density at radius 3 is 2.50 bits per heavy atom. The monoisotopic (exact) mass is 431 g/mol. The number of H-pyrrole nitrogens is 1. The average Bonchev–Trinajstić information content (AvgIpc) is 3.61. The van der Waals surface area contributed by atoms with Crippen molar-refractivity contribution in [2.45, 2.75) is 44.4 Å². The minimum atomic E-state index is -0.0753. The summed E-state index contributed by atoms with van der Waals surface area (Å²) in [7, 11) is 0. The lowest BCUT2D eigenvalue weighted by Crippen LogP contribution is -2.35. The minimum absolute atomic E-state index is 0.0375. The second kappa shape index (κ2) is 9.54. The molecule has 0 aliphatic carbocycles. The molecule has 3 heterocycles. The maximum absolute atomic E-state index is 12.2. The quantitative estimate of drug-likeness (QED) is 0.457. The molecule has 7 heteroatoms. The van der Waals surface area contributed by atoms with E-state index in [-0.39, 0.29) is 11.9 Å². The summed E-state index contributed by atoms with van der Waals surface area (Å²) in [6.07, 6.45) is 6.17. The van der Waals surface area contributed by atoms with Crippen molar-refractivity contribution in [2.24, 2.45) is 0 Å². The molecule has 2 fully saturated rings. The van der Waals surface area contributed by atoms with Crippen LogP contribution in [0.1, 0.15) is 43.1 Å². The Kier molecular flexibility index (Phi) is 6.18. The Labute approximate surface area is 188 Å². The van der Waals surface area contributed by atoms with Gasteiger partial charge < -0.3 is 25.7 Å². The zero-order valence-electron chi connectivity index (χ0n) is 18.1. The number of carbonyl (C=O) groups is 1. The molecule has 2 atom stereocenters. The Morgan fingerprint density at radius 2 is 1.78 bits per heavy atom. The van der Waals surface area contributed by atoms with Crippen molar-refractivity contribution < 1.29 is 9.53 Å². The van der Waals surface area contributed by atoms with Crippen molar-refractivity contribution in [1.29, 1.82) is 0 Å². The molecule has 2 aromatic carbocycles. The van der Waals surface area contributed by atoms with Gasteiger partial charge in [-0.05, 0) is 86.3 Å². The molecule has 3 aromatic rings. The lowest BCUT2D eigenvalue weighted by molar-refractivity contribution is -0.117. The lowest BCUT2D eigenvalue weighted by Gasteiger charge is -2.12. The van der Waals surface area contributed by atoms with E-state index in [1.807, 2.05) is 54.7 Å². The molecule has 166 valence electrons. The van der Waals surface area contributed by atoms with Gasteiger partial charge in [0.2, 0.25) is 5.91 Å². The first kappa shape index (κ1) is 20.7. The number of carbonyl (C=O) groups excluding carboxylic acids is 1. The molecule has 7 nitrogen and oxygen atoms in total. The number of imidazole rings is 1. The molecule has 0 saturated carbocycles. The Hall–Kier alpha value is -3.16. The van der Waals surface area contributed by atoms with Crippen LogP contribution in [0.4, 0.5) is 5.69 Å². The van der Waals surface area contributed by atoms with Gasteiger partial charge in [0, 0.05) is 5.69 Å². The summed E-state index contributed by atoms with van der Waals surface area (Å²) in [6, 6.07) is 16.1. The second-order valence-corrected chi connectivity index (χ2v) is 8.48. The van der Waals surface area contributed by atoms with Crippen LogP contribution in [0.15, 0.2) is 54.7 Å².